The van der Waals surface area contributed by atoms with Crippen molar-refractivity contribution in [3.8, 4) is 11.8 Å². The maximum atomic E-state index is 12.5. The molecule has 0 aliphatic rings. The third kappa shape index (κ3) is 7.02. The van der Waals surface area contributed by atoms with Crippen LogP contribution < -0.4 is 34.3 Å². The summed E-state index contributed by atoms with van der Waals surface area (Å²) in [5, 5.41) is 14.6. The minimum absolute atomic E-state index is 0. The Morgan fingerprint density at radius 3 is 2.05 bits per heavy atom. The number of benzene rings is 1. The molecule has 0 spiro atoms. The summed E-state index contributed by atoms with van der Waals surface area (Å²) in [5.74, 6) is -0.369. The maximum Gasteiger partial charge on any atom is 1.00 e. The van der Waals surface area contributed by atoms with Gasteiger partial charge in [-0.05, 0) is 17.7 Å². The smallest absolute Gasteiger partial charge is 0.512 e. The van der Waals surface area contributed by atoms with E-state index in [0.717, 1.165) is 12.1 Å². The van der Waals surface area contributed by atoms with E-state index in [1.54, 1.807) is 0 Å². The molecule has 1 aromatic carbocycles. The predicted molar refractivity (Wildman–Crippen MR) is 52.3 cm³/mol. The molecule has 0 bridgehead atoms. The summed E-state index contributed by atoms with van der Waals surface area (Å²) in [6.07, 6.45) is -8.27. The molecule has 0 aromatic heterocycles. The number of nitrogens with zero attached hydrogens (tertiary/aromatic N) is 2. The van der Waals surface area contributed by atoms with Crippen LogP contribution in [0.15, 0.2) is 24.3 Å². The quantitative estimate of drug-likeness (QED) is 0.447. The summed E-state index contributed by atoms with van der Waals surface area (Å²) in [6, 6.07) is 6.81. The Balaban J connectivity index is 0. The third-order valence-corrected chi connectivity index (χ3v) is 1.71. The molecule has 0 aliphatic carbocycles. The van der Waals surface area contributed by atoms with E-state index >= 15 is 0 Å². The molecule has 96 valence electrons. The zero-order valence-corrected chi connectivity index (χ0v) is 11.9. The second kappa shape index (κ2) is 9.62. The van der Waals surface area contributed by atoms with Crippen molar-refractivity contribution in [1.29, 1.82) is 10.5 Å². The van der Waals surface area contributed by atoms with Crippen molar-refractivity contribution in [2.24, 2.45) is 0 Å². The molecule has 19 heavy (non-hydrogen) atoms. The van der Waals surface area contributed by atoms with Gasteiger partial charge in [0.25, 0.3) is 0 Å². The summed E-state index contributed by atoms with van der Waals surface area (Å²) in [5.41, 5.74) is 0.593. The van der Waals surface area contributed by atoms with E-state index in [9.17, 15) is 17.6 Å². The molecule has 0 heterocycles. The maximum absolute atomic E-state index is 12.5. The molecule has 0 radical (unpaired) electrons. The summed E-state index contributed by atoms with van der Waals surface area (Å²) in [7, 11) is 0. The average Bonchev–Trinajstić information content (AvgIpc) is 2.34. The normalized spacial score (nSPS) is 9.58. The van der Waals surface area contributed by atoms with Crippen LogP contribution in [0.5, 0.6) is 5.75 Å². The Hall–Kier alpha value is -1.28. The van der Waals surface area contributed by atoms with Gasteiger partial charge in [-0.25, -0.2) is 0 Å². The van der Waals surface area contributed by atoms with Crippen LogP contribution >= 0.6 is 0 Å². The second-order valence-electron chi connectivity index (χ2n) is 2.94. The monoisotopic (exact) mass is 282 g/mol. The van der Waals surface area contributed by atoms with Crippen LogP contribution in [0, 0.1) is 23.2 Å². The summed E-state index contributed by atoms with van der Waals surface area (Å²) in [6.45, 7) is 4.75. The largest absolute Gasteiger partial charge is 1.00 e. The molecule has 1 rings (SSSR count). The predicted octanol–water partition coefficient (Wildman–Crippen LogP) is 0.0898. The van der Waals surface area contributed by atoms with Gasteiger partial charge in [0.15, 0.2) is 0 Å². The van der Waals surface area contributed by atoms with Crippen LogP contribution in [0.4, 0.5) is 17.6 Å². The first-order valence-electron chi connectivity index (χ1n) is 4.49. The Bertz CT molecular complexity index is 429. The SMILES string of the molecule is N#CCc1ccc(OC(F)(F)C(F)F)cc1.[C-]#N.[Na+]. The fourth-order valence-corrected chi connectivity index (χ4v) is 0.968. The summed E-state index contributed by atoms with van der Waals surface area (Å²) in [4.78, 5) is 0. The fourth-order valence-electron chi connectivity index (χ4n) is 0.968. The fraction of sp³-hybridized carbons (Fsp3) is 0.273. The number of nitriles is 1. The van der Waals surface area contributed by atoms with Gasteiger partial charge in [-0.1, -0.05) is 12.1 Å². The van der Waals surface area contributed by atoms with Crippen molar-refractivity contribution >= 4 is 0 Å². The van der Waals surface area contributed by atoms with Crippen LogP contribution in [0.2, 0.25) is 0 Å². The molecule has 0 atom stereocenters. The third-order valence-electron chi connectivity index (χ3n) is 1.71. The average molecular weight is 282 g/mol. The first kappa shape index (κ1) is 20.0. The van der Waals surface area contributed by atoms with E-state index in [2.05, 4.69) is 4.74 Å². The van der Waals surface area contributed by atoms with Gasteiger partial charge in [-0.15, -0.1) is 0 Å². The van der Waals surface area contributed by atoms with Gasteiger partial charge < -0.3 is 16.6 Å². The Kier molecular flexibility index (Phi) is 10.2. The standard InChI is InChI=1S/C10H7F4NO.CN.Na/c11-9(12)10(13,14)16-8-3-1-7(2-4-8)5-6-15;1-2;/h1-4,9H,5H2;;/q;-1;+1. The molecule has 1 aromatic rings. The number of hydrogen-bond donors (Lipinski definition) is 0. The van der Waals surface area contributed by atoms with Crippen LogP contribution in [0.25, 0.3) is 0 Å². The molecule has 8 heteroatoms. The van der Waals surface area contributed by atoms with Crippen LogP contribution in [0.3, 0.4) is 0 Å². The van der Waals surface area contributed by atoms with E-state index in [0.29, 0.717) is 5.56 Å². The van der Waals surface area contributed by atoms with Crippen LogP contribution in [-0.2, 0) is 6.42 Å². The number of alkyl halides is 4. The van der Waals surface area contributed by atoms with Gasteiger partial charge in [0.1, 0.15) is 5.75 Å². The van der Waals surface area contributed by atoms with Gasteiger partial charge in [-0.2, -0.15) is 22.8 Å². The van der Waals surface area contributed by atoms with E-state index in [-0.39, 0.29) is 41.7 Å². The molecule has 0 N–H and O–H groups in total. The zero-order valence-electron chi connectivity index (χ0n) is 9.91. The van der Waals surface area contributed by atoms with Crippen LogP contribution in [-0.4, -0.2) is 12.5 Å². The number of ether oxygens (including phenoxy) is 1. The summed E-state index contributed by atoms with van der Waals surface area (Å²) >= 11 is 0. The molecule has 0 fully saturated rings. The topological polar surface area (TPSA) is 56.8 Å². The minimum atomic E-state index is -4.50. The van der Waals surface area contributed by atoms with Gasteiger partial charge in [-0.3, -0.25) is 0 Å². The van der Waals surface area contributed by atoms with E-state index < -0.39 is 12.5 Å². The van der Waals surface area contributed by atoms with Crippen molar-refractivity contribution in [3.05, 3.63) is 36.4 Å². The molecule has 3 nitrogen and oxygen atoms in total. The Morgan fingerprint density at radius 1 is 1.21 bits per heavy atom. The van der Waals surface area contributed by atoms with Crippen molar-refractivity contribution in [2.45, 2.75) is 19.0 Å². The molecular formula is C11H7F4N2NaO. The molecule has 0 saturated heterocycles. The van der Waals surface area contributed by atoms with Gasteiger partial charge in [0.2, 0.25) is 0 Å². The van der Waals surface area contributed by atoms with E-state index in [4.69, 9.17) is 17.1 Å². The Labute approximate surface area is 129 Å². The number of rotatable bonds is 4. The molecular weight excluding hydrogens is 275 g/mol. The molecule has 0 saturated carbocycles. The van der Waals surface area contributed by atoms with Gasteiger partial charge in [0, 0.05) is 0 Å². The number of halogens is 4. The van der Waals surface area contributed by atoms with Crippen molar-refractivity contribution < 1.29 is 51.9 Å². The Morgan fingerprint density at radius 2 is 1.68 bits per heavy atom. The van der Waals surface area contributed by atoms with Crippen molar-refractivity contribution in [2.75, 3.05) is 0 Å². The zero-order chi connectivity index (χ0) is 14.2. The van der Waals surface area contributed by atoms with Gasteiger partial charge >= 0.3 is 42.1 Å². The second-order valence-corrected chi connectivity index (χ2v) is 2.94. The van der Waals surface area contributed by atoms with E-state index in [1.807, 2.05) is 6.07 Å². The number of hydrogen-bond acceptors (Lipinski definition) is 3. The first-order chi connectivity index (χ1) is 8.45. The van der Waals surface area contributed by atoms with Crippen molar-refractivity contribution in [3.63, 3.8) is 0 Å². The van der Waals surface area contributed by atoms with E-state index in [1.165, 1.54) is 12.1 Å². The molecule has 0 aliphatic heterocycles. The molecule has 0 unspecified atom stereocenters. The molecule has 0 amide bonds. The van der Waals surface area contributed by atoms with Crippen LogP contribution in [0.1, 0.15) is 5.56 Å². The first-order valence-corrected chi connectivity index (χ1v) is 4.49. The summed E-state index contributed by atoms with van der Waals surface area (Å²) < 4.78 is 52.3. The van der Waals surface area contributed by atoms with Crippen molar-refractivity contribution in [1.82, 2.24) is 0 Å². The minimum Gasteiger partial charge on any atom is -0.512 e. The van der Waals surface area contributed by atoms with Gasteiger partial charge in [0.05, 0.1) is 12.5 Å².